The zero-order chi connectivity index (χ0) is 20.2. The van der Waals surface area contributed by atoms with Crippen LogP contribution in [0, 0.1) is 5.82 Å². The van der Waals surface area contributed by atoms with Gasteiger partial charge in [-0.15, -0.1) is 0 Å². The maximum absolute atomic E-state index is 13.5. The fourth-order valence-corrected chi connectivity index (χ4v) is 8.23. The highest BCUT2D eigenvalue weighted by Crippen LogP contribution is 2.77. The molecule has 0 saturated heterocycles. The highest BCUT2D eigenvalue weighted by Gasteiger charge is 2.54. The summed E-state index contributed by atoms with van der Waals surface area (Å²) in [7, 11) is -9.23. The first-order chi connectivity index (χ1) is 13.2. The van der Waals surface area contributed by atoms with Gasteiger partial charge in [0, 0.05) is 14.7 Å². The van der Waals surface area contributed by atoms with E-state index < -0.39 is 31.8 Å². The Morgan fingerprint density at radius 1 is 0.750 bits per heavy atom. The van der Waals surface area contributed by atoms with Crippen molar-refractivity contribution in [2.24, 2.45) is 0 Å². The largest absolute Gasteiger partial charge is 0.524 e. The fourth-order valence-electron chi connectivity index (χ4n) is 3.16. The third kappa shape index (κ3) is 2.73. The van der Waals surface area contributed by atoms with E-state index in [1.54, 1.807) is 48.5 Å². The zero-order valence-electron chi connectivity index (χ0n) is 14.0. The van der Waals surface area contributed by atoms with Crippen molar-refractivity contribution in [3.8, 4) is 11.1 Å². The summed E-state index contributed by atoms with van der Waals surface area (Å²) in [4.78, 5) is 0.783. The summed E-state index contributed by atoms with van der Waals surface area (Å²) in [5.74, 6) is -0.600. The van der Waals surface area contributed by atoms with Crippen LogP contribution >= 0.6 is 10.3 Å². The van der Waals surface area contributed by atoms with E-state index in [2.05, 4.69) is 0 Å². The van der Waals surface area contributed by atoms with Gasteiger partial charge < -0.3 is 0 Å². The van der Waals surface area contributed by atoms with E-state index in [1.165, 1.54) is 12.1 Å². The van der Waals surface area contributed by atoms with Crippen molar-refractivity contribution in [3.63, 3.8) is 0 Å². The van der Waals surface area contributed by atoms with E-state index in [9.17, 15) is 26.0 Å². The number of hydrogen-bond donors (Lipinski definition) is 0. The standard InChI is InChI=1S/C19H12F4O3S2/c20-13-9-11-14(12-10-13)27(26-28(24,25)19(21,22)23)17-7-3-1-5-15(17)16-6-2-4-8-18(16)27/h1-12H. The molecule has 3 nitrogen and oxygen atoms in total. The minimum absolute atomic E-state index is 0.152. The molecule has 0 unspecified atom stereocenters. The average Bonchev–Trinajstić information content (AvgIpc) is 2.93. The number of hydrogen-bond acceptors (Lipinski definition) is 3. The predicted molar refractivity (Wildman–Crippen MR) is 96.7 cm³/mol. The maximum Gasteiger partial charge on any atom is 0.524 e. The van der Waals surface area contributed by atoms with Gasteiger partial charge in [-0.25, -0.2) is 4.39 Å². The van der Waals surface area contributed by atoms with Gasteiger partial charge in [-0.05, 0) is 57.8 Å². The summed E-state index contributed by atoms with van der Waals surface area (Å²) >= 11 is 0. The van der Waals surface area contributed by atoms with Crippen LogP contribution in [0.15, 0.2) is 87.5 Å². The molecule has 0 spiro atoms. The molecule has 0 saturated carbocycles. The quantitative estimate of drug-likeness (QED) is 0.387. The van der Waals surface area contributed by atoms with E-state index in [1.807, 2.05) is 0 Å². The normalized spacial score (nSPS) is 16.3. The van der Waals surface area contributed by atoms with Crippen molar-refractivity contribution >= 4 is 20.4 Å². The lowest BCUT2D eigenvalue weighted by molar-refractivity contribution is -0.0496. The van der Waals surface area contributed by atoms with Gasteiger partial charge in [-0.1, -0.05) is 36.4 Å². The molecule has 1 aliphatic rings. The van der Waals surface area contributed by atoms with Gasteiger partial charge in [0.25, 0.3) is 0 Å². The van der Waals surface area contributed by atoms with Crippen molar-refractivity contribution in [3.05, 3.63) is 78.6 Å². The summed E-state index contributed by atoms with van der Waals surface area (Å²) in [5, 5.41) is 0. The summed E-state index contributed by atoms with van der Waals surface area (Å²) in [6.07, 6.45) is 0. The van der Waals surface area contributed by atoms with E-state index >= 15 is 0 Å². The zero-order valence-corrected chi connectivity index (χ0v) is 15.6. The van der Waals surface area contributed by atoms with Crippen molar-refractivity contribution in [1.29, 1.82) is 0 Å². The first-order valence-corrected chi connectivity index (χ1v) is 10.9. The van der Waals surface area contributed by atoms with Gasteiger partial charge >= 0.3 is 15.6 Å². The van der Waals surface area contributed by atoms with Crippen molar-refractivity contribution in [2.45, 2.75) is 20.2 Å². The Hall–Kier alpha value is -2.36. The van der Waals surface area contributed by atoms with Crippen LogP contribution in [0.4, 0.5) is 17.6 Å². The molecule has 0 N–H and O–H groups in total. The molecule has 1 heterocycles. The minimum atomic E-state index is -5.94. The van der Waals surface area contributed by atoms with Crippen LogP contribution in [0.3, 0.4) is 0 Å². The van der Waals surface area contributed by atoms with Gasteiger partial charge in [0.05, 0.1) is 0 Å². The summed E-state index contributed by atoms with van der Waals surface area (Å²) in [6.45, 7) is 0. The Bertz CT molecular complexity index is 1110. The van der Waals surface area contributed by atoms with Crippen LogP contribution < -0.4 is 0 Å². The lowest BCUT2D eigenvalue weighted by atomic mass is 10.1. The van der Waals surface area contributed by atoms with Gasteiger partial charge in [0.1, 0.15) is 5.82 Å². The molecule has 3 aromatic rings. The Balaban J connectivity index is 2.09. The Labute approximate surface area is 160 Å². The van der Waals surface area contributed by atoms with Gasteiger partial charge in [-0.2, -0.15) is 25.2 Å². The second-order valence-corrected chi connectivity index (χ2v) is 10.3. The lowest BCUT2D eigenvalue weighted by Gasteiger charge is -2.36. The Kier molecular flexibility index (Phi) is 4.29. The summed E-state index contributed by atoms with van der Waals surface area (Å²) < 4.78 is 82.4. The Morgan fingerprint density at radius 3 is 1.68 bits per heavy atom. The highest BCUT2D eigenvalue weighted by molar-refractivity contribution is 8.33. The third-order valence-corrected chi connectivity index (χ3v) is 9.29. The van der Waals surface area contributed by atoms with E-state index in [-0.39, 0.29) is 4.90 Å². The van der Waals surface area contributed by atoms with E-state index in [0.29, 0.717) is 20.9 Å². The van der Waals surface area contributed by atoms with Crippen LogP contribution in [0.1, 0.15) is 0 Å². The molecule has 3 aromatic carbocycles. The molecule has 0 fully saturated rings. The molecular formula is C19H12F4O3S2. The van der Waals surface area contributed by atoms with Crippen molar-refractivity contribution < 1.29 is 29.6 Å². The molecule has 0 aromatic heterocycles. The summed E-state index contributed by atoms with van der Waals surface area (Å²) in [5.41, 5.74) is -4.44. The predicted octanol–water partition coefficient (Wildman–Crippen LogP) is 5.87. The molecule has 146 valence electrons. The van der Waals surface area contributed by atoms with Crippen molar-refractivity contribution in [1.82, 2.24) is 0 Å². The molecule has 0 aliphatic carbocycles. The minimum Gasteiger partial charge on any atom is -0.207 e. The topological polar surface area (TPSA) is 43.4 Å². The smallest absolute Gasteiger partial charge is 0.207 e. The van der Waals surface area contributed by atoms with Gasteiger partial charge in [-0.3, -0.25) is 0 Å². The number of benzene rings is 3. The van der Waals surface area contributed by atoms with Crippen LogP contribution in [0.2, 0.25) is 0 Å². The molecule has 4 rings (SSSR count). The second-order valence-electron chi connectivity index (χ2n) is 5.97. The second kappa shape index (κ2) is 6.33. The SMILES string of the molecule is O=S(=O)(OS1(c2ccc(F)cc2)c2ccccc2-c2ccccc21)C(F)(F)F. The molecule has 0 atom stereocenters. The number of halogens is 4. The molecule has 0 bridgehead atoms. The third-order valence-electron chi connectivity index (χ3n) is 4.30. The molecule has 1 aliphatic heterocycles. The monoisotopic (exact) mass is 428 g/mol. The maximum atomic E-state index is 13.5. The molecule has 28 heavy (non-hydrogen) atoms. The molecular weight excluding hydrogens is 416 g/mol. The lowest BCUT2D eigenvalue weighted by Crippen LogP contribution is -2.27. The van der Waals surface area contributed by atoms with Crippen molar-refractivity contribution in [2.75, 3.05) is 0 Å². The number of rotatable bonds is 3. The summed E-state index contributed by atoms with van der Waals surface area (Å²) in [6, 6.07) is 17.7. The molecule has 0 radical (unpaired) electrons. The van der Waals surface area contributed by atoms with Crippen LogP contribution in [0.25, 0.3) is 11.1 Å². The highest BCUT2D eigenvalue weighted by atomic mass is 32.3. The van der Waals surface area contributed by atoms with Crippen LogP contribution in [-0.4, -0.2) is 13.9 Å². The molecule has 0 amide bonds. The number of alkyl halides is 3. The first kappa shape index (κ1) is 19.0. The fraction of sp³-hybridized carbons (Fsp3) is 0.0526. The van der Waals surface area contributed by atoms with E-state index in [4.69, 9.17) is 3.63 Å². The first-order valence-electron chi connectivity index (χ1n) is 7.97. The van der Waals surface area contributed by atoms with Crippen LogP contribution in [0.5, 0.6) is 0 Å². The molecule has 9 heteroatoms. The van der Waals surface area contributed by atoms with Gasteiger partial charge in [0.15, 0.2) is 0 Å². The van der Waals surface area contributed by atoms with Gasteiger partial charge in [0.2, 0.25) is 0 Å². The average molecular weight is 428 g/mol. The van der Waals surface area contributed by atoms with E-state index in [0.717, 1.165) is 12.1 Å². The number of fused-ring (bicyclic) bond motifs is 3. The van der Waals surface area contributed by atoms with Crippen LogP contribution in [-0.2, 0) is 13.7 Å². The Morgan fingerprint density at radius 2 is 1.21 bits per heavy atom.